The first-order valence-electron chi connectivity index (χ1n) is 8.49. The van der Waals surface area contributed by atoms with Crippen LogP contribution in [0.3, 0.4) is 0 Å². The molecule has 0 aliphatic carbocycles. The largest absolute Gasteiger partial charge is 0.497 e. The first kappa shape index (κ1) is 20.0. The fraction of sp³-hybridized carbons (Fsp3) is 0.278. The number of hydrogen-bond acceptors (Lipinski definition) is 8. The Bertz CT molecular complexity index is 952. The Hall–Kier alpha value is -2.72. The van der Waals surface area contributed by atoms with E-state index in [-0.39, 0.29) is 17.4 Å². The van der Waals surface area contributed by atoms with Crippen molar-refractivity contribution in [2.24, 2.45) is 0 Å². The summed E-state index contributed by atoms with van der Waals surface area (Å²) in [6.45, 7) is 2.05. The molecule has 0 atom stereocenters. The van der Waals surface area contributed by atoms with Crippen LogP contribution >= 0.6 is 23.1 Å². The van der Waals surface area contributed by atoms with Gasteiger partial charge in [-0.2, -0.15) is 4.68 Å². The Morgan fingerprint density at radius 3 is 2.71 bits per heavy atom. The number of hydrogen-bond donors (Lipinski definition) is 1. The number of nitrogens with one attached hydrogen (secondary N) is 1. The van der Waals surface area contributed by atoms with Crippen LogP contribution in [0.4, 0.5) is 0 Å². The van der Waals surface area contributed by atoms with E-state index < -0.39 is 0 Å². The summed E-state index contributed by atoms with van der Waals surface area (Å²) in [6, 6.07) is 11.1. The molecular weight excluding hydrogens is 398 g/mol. The van der Waals surface area contributed by atoms with Crippen LogP contribution in [-0.2, 0) is 11.2 Å². The number of tetrazole rings is 1. The lowest BCUT2D eigenvalue weighted by Gasteiger charge is -2.05. The maximum Gasteiger partial charge on any atom is 0.216 e. The van der Waals surface area contributed by atoms with Crippen LogP contribution in [0, 0.1) is 0 Å². The van der Waals surface area contributed by atoms with Gasteiger partial charge in [-0.3, -0.25) is 9.59 Å². The van der Waals surface area contributed by atoms with E-state index in [1.54, 1.807) is 11.8 Å². The van der Waals surface area contributed by atoms with E-state index >= 15 is 0 Å². The summed E-state index contributed by atoms with van der Waals surface area (Å²) in [6.07, 6.45) is 0.709. The summed E-state index contributed by atoms with van der Waals surface area (Å²) in [5.74, 6) is 0.944. The van der Waals surface area contributed by atoms with Gasteiger partial charge >= 0.3 is 0 Å². The Kier molecular flexibility index (Phi) is 6.77. The number of rotatable bonds is 9. The van der Waals surface area contributed by atoms with Gasteiger partial charge in [0, 0.05) is 18.3 Å². The van der Waals surface area contributed by atoms with Crippen LogP contribution in [0.1, 0.15) is 21.5 Å². The normalized spacial score (nSPS) is 10.6. The van der Waals surface area contributed by atoms with Gasteiger partial charge < -0.3 is 10.1 Å². The number of benzene rings is 1. The number of amides is 1. The van der Waals surface area contributed by atoms with Crippen LogP contribution in [0.15, 0.2) is 41.6 Å². The highest BCUT2D eigenvalue weighted by molar-refractivity contribution is 7.99. The molecule has 0 aliphatic rings. The third-order valence-electron chi connectivity index (χ3n) is 3.77. The molecule has 0 saturated carbocycles. The van der Waals surface area contributed by atoms with E-state index in [9.17, 15) is 9.59 Å². The standard InChI is InChI=1S/C18H19N5O3S2/c1-12(24)19-10-9-15-7-8-17(28-15)16(25)11-27-18-20-21-22-23(18)13-3-5-14(26-2)6-4-13/h3-8H,9-11H2,1-2H3,(H,19,24). The lowest BCUT2D eigenvalue weighted by Crippen LogP contribution is -2.22. The second-order valence-corrected chi connectivity index (χ2v) is 7.89. The zero-order valence-electron chi connectivity index (χ0n) is 15.4. The molecule has 146 valence electrons. The summed E-state index contributed by atoms with van der Waals surface area (Å²) < 4.78 is 6.74. The first-order valence-corrected chi connectivity index (χ1v) is 10.3. The molecule has 10 heteroatoms. The Morgan fingerprint density at radius 1 is 1.21 bits per heavy atom. The summed E-state index contributed by atoms with van der Waals surface area (Å²) >= 11 is 2.74. The van der Waals surface area contributed by atoms with Crippen molar-refractivity contribution in [1.82, 2.24) is 25.5 Å². The Morgan fingerprint density at radius 2 is 2.00 bits per heavy atom. The minimum Gasteiger partial charge on any atom is -0.497 e. The summed E-state index contributed by atoms with van der Waals surface area (Å²) in [4.78, 5) is 25.2. The molecule has 0 radical (unpaired) electrons. The zero-order chi connectivity index (χ0) is 19.9. The fourth-order valence-electron chi connectivity index (χ4n) is 2.38. The molecule has 3 aromatic rings. The van der Waals surface area contributed by atoms with E-state index in [0.29, 0.717) is 23.0 Å². The smallest absolute Gasteiger partial charge is 0.216 e. The van der Waals surface area contributed by atoms with Crippen molar-refractivity contribution in [1.29, 1.82) is 0 Å². The van der Waals surface area contributed by atoms with Crippen molar-refractivity contribution in [2.45, 2.75) is 18.5 Å². The van der Waals surface area contributed by atoms with Gasteiger partial charge in [0.1, 0.15) is 5.75 Å². The van der Waals surface area contributed by atoms with Gasteiger partial charge in [0.15, 0.2) is 5.78 Å². The van der Waals surface area contributed by atoms with Gasteiger partial charge in [-0.15, -0.1) is 16.4 Å². The highest BCUT2D eigenvalue weighted by Crippen LogP contribution is 2.23. The zero-order valence-corrected chi connectivity index (χ0v) is 17.0. The maximum absolute atomic E-state index is 12.5. The molecule has 0 aliphatic heterocycles. The Labute approximate surface area is 170 Å². The monoisotopic (exact) mass is 417 g/mol. The number of carbonyl (C=O) groups excluding carboxylic acids is 2. The topological polar surface area (TPSA) is 99.0 Å². The minimum absolute atomic E-state index is 0.0186. The van der Waals surface area contributed by atoms with Gasteiger partial charge in [-0.1, -0.05) is 11.8 Å². The molecule has 1 N–H and O–H groups in total. The van der Waals surface area contributed by atoms with Crippen molar-refractivity contribution in [3.05, 3.63) is 46.2 Å². The molecule has 2 aromatic heterocycles. The quantitative estimate of drug-likeness (QED) is 0.421. The van der Waals surface area contributed by atoms with E-state index in [2.05, 4.69) is 20.8 Å². The van der Waals surface area contributed by atoms with Crippen LogP contribution in [0.2, 0.25) is 0 Å². The van der Waals surface area contributed by atoms with Gasteiger partial charge in [0.05, 0.1) is 23.4 Å². The highest BCUT2D eigenvalue weighted by atomic mass is 32.2. The molecule has 0 spiro atoms. The van der Waals surface area contributed by atoms with E-state index in [4.69, 9.17) is 4.74 Å². The molecule has 8 nitrogen and oxygen atoms in total. The predicted octanol–water partition coefficient (Wildman–Crippen LogP) is 2.39. The third-order valence-corrected chi connectivity index (χ3v) is 5.88. The third kappa shape index (κ3) is 5.17. The number of nitrogens with zero attached hydrogens (tertiary/aromatic N) is 4. The van der Waals surface area contributed by atoms with Crippen LogP contribution < -0.4 is 10.1 Å². The fourth-order valence-corrected chi connectivity index (χ4v) is 4.19. The van der Waals surface area contributed by atoms with Gasteiger partial charge in [-0.05, 0) is 53.2 Å². The number of methoxy groups -OCH3 is 1. The maximum atomic E-state index is 12.5. The van der Waals surface area contributed by atoms with Crippen LogP contribution in [-0.4, -0.2) is 51.3 Å². The number of Topliss-reactive ketones (excluding diaryl/α,β-unsaturated/α-hetero) is 1. The molecule has 0 unspecified atom stereocenters. The van der Waals surface area contributed by atoms with Crippen molar-refractivity contribution in [3.8, 4) is 11.4 Å². The molecule has 3 rings (SSSR count). The summed E-state index contributed by atoms with van der Waals surface area (Å²) in [5.41, 5.74) is 0.789. The molecule has 0 bridgehead atoms. The lowest BCUT2D eigenvalue weighted by molar-refractivity contribution is -0.118. The van der Waals surface area contributed by atoms with Crippen molar-refractivity contribution >= 4 is 34.8 Å². The number of carbonyl (C=O) groups is 2. The molecule has 1 amide bonds. The van der Waals surface area contributed by atoms with Crippen molar-refractivity contribution in [3.63, 3.8) is 0 Å². The second-order valence-electron chi connectivity index (χ2n) is 5.78. The van der Waals surface area contributed by atoms with Crippen LogP contribution in [0.5, 0.6) is 5.75 Å². The molecule has 1 aromatic carbocycles. The molecular formula is C18H19N5O3S2. The predicted molar refractivity (Wildman–Crippen MR) is 107 cm³/mol. The molecule has 2 heterocycles. The number of thioether (sulfide) groups is 1. The number of thiophene rings is 1. The average molecular weight is 418 g/mol. The van der Waals surface area contributed by atoms with Crippen molar-refractivity contribution in [2.75, 3.05) is 19.4 Å². The number of ether oxygens (including phenoxy) is 1. The minimum atomic E-state index is -0.0566. The molecule has 28 heavy (non-hydrogen) atoms. The Balaban J connectivity index is 1.59. The molecule has 0 saturated heterocycles. The van der Waals surface area contributed by atoms with Gasteiger partial charge in [0.25, 0.3) is 0 Å². The van der Waals surface area contributed by atoms with Crippen LogP contribution in [0.25, 0.3) is 5.69 Å². The van der Waals surface area contributed by atoms with E-state index in [1.165, 1.54) is 30.0 Å². The SMILES string of the molecule is COc1ccc(-n2nnnc2SCC(=O)c2ccc(CCNC(C)=O)s2)cc1. The number of aromatic nitrogens is 4. The second kappa shape index (κ2) is 9.47. The van der Waals surface area contributed by atoms with E-state index in [0.717, 1.165) is 16.3 Å². The summed E-state index contributed by atoms with van der Waals surface area (Å²) in [5, 5.41) is 15.0. The average Bonchev–Trinajstić information content (AvgIpc) is 3.35. The molecule has 0 fully saturated rings. The first-order chi connectivity index (χ1) is 13.6. The van der Waals surface area contributed by atoms with Crippen molar-refractivity contribution < 1.29 is 14.3 Å². The highest BCUT2D eigenvalue weighted by Gasteiger charge is 2.14. The lowest BCUT2D eigenvalue weighted by atomic mass is 10.3. The van der Waals surface area contributed by atoms with Gasteiger partial charge in [0.2, 0.25) is 11.1 Å². The van der Waals surface area contributed by atoms with Gasteiger partial charge in [-0.25, -0.2) is 0 Å². The number of ketones is 1. The van der Waals surface area contributed by atoms with E-state index in [1.807, 2.05) is 36.4 Å². The summed E-state index contributed by atoms with van der Waals surface area (Å²) in [7, 11) is 1.61.